The van der Waals surface area contributed by atoms with Crippen LogP contribution < -0.4 is 5.32 Å². The number of thiophene rings is 1. The van der Waals surface area contributed by atoms with Gasteiger partial charge in [-0.1, -0.05) is 12.1 Å². The normalized spacial score (nSPS) is 16.7. The highest BCUT2D eigenvalue weighted by atomic mass is 32.1. The Morgan fingerprint density at radius 2 is 1.83 bits per heavy atom. The summed E-state index contributed by atoms with van der Waals surface area (Å²) in [5, 5.41) is 2.16. The monoisotopic (exact) mass is 344 g/mol. The van der Waals surface area contributed by atoms with Gasteiger partial charge < -0.3 is 0 Å². The molecule has 0 aliphatic carbocycles. The average molecular weight is 344 g/mol. The van der Waals surface area contributed by atoms with E-state index in [4.69, 9.17) is 0 Å². The lowest BCUT2D eigenvalue weighted by atomic mass is 10.1. The number of carbonyl (C=O) groups excluding carboxylic acids is 3. The number of rotatable bonds is 3. The van der Waals surface area contributed by atoms with Crippen molar-refractivity contribution in [3.8, 4) is 0 Å². The van der Waals surface area contributed by atoms with Crippen molar-refractivity contribution < 1.29 is 18.8 Å². The highest BCUT2D eigenvalue weighted by Crippen LogP contribution is 2.21. The maximum atomic E-state index is 13.0. The Kier molecular flexibility index (Phi) is 4.26. The van der Waals surface area contributed by atoms with E-state index in [1.54, 1.807) is 6.07 Å². The Bertz CT molecular complexity index is 855. The number of urea groups is 1. The largest absolute Gasteiger partial charge is 0.331 e. The first-order valence-corrected chi connectivity index (χ1v) is 7.95. The minimum absolute atomic E-state index is 0.0426. The fourth-order valence-corrected chi connectivity index (χ4v) is 3.10. The fraction of sp³-hybridized carbons (Fsp3) is 0.118. The molecule has 122 valence electrons. The summed E-state index contributed by atoms with van der Waals surface area (Å²) in [6.07, 6.45) is 1.47. The number of hydrogen-bond acceptors (Lipinski definition) is 4. The SMILES string of the molecule is Cc1ccc(C=C2C(=O)NC(=O)N(Cc3ccc(F)cc3)C2=O)s1. The van der Waals surface area contributed by atoms with Crippen molar-refractivity contribution in [2.24, 2.45) is 0 Å². The number of carbonyl (C=O) groups is 3. The zero-order valence-corrected chi connectivity index (χ0v) is 13.5. The summed E-state index contributed by atoms with van der Waals surface area (Å²) >= 11 is 1.44. The van der Waals surface area contributed by atoms with Crippen molar-refractivity contribution in [2.75, 3.05) is 0 Å². The van der Waals surface area contributed by atoms with Gasteiger partial charge in [-0.2, -0.15) is 0 Å². The van der Waals surface area contributed by atoms with Gasteiger partial charge in [-0.3, -0.25) is 19.8 Å². The smallest absolute Gasteiger partial charge is 0.273 e. The summed E-state index contributed by atoms with van der Waals surface area (Å²) in [5.41, 5.74) is 0.485. The van der Waals surface area contributed by atoms with E-state index in [1.165, 1.54) is 41.7 Å². The van der Waals surface area contributed by atoms with E-state index in [2.05, 4.69) is 5.32 Å². The summed E-state index contributed by atoms with van der Waals surface area (Å²) in [4.78, 5) is 39.2. The Labute approximate surface area is 141 Å². The molecule has 0 spiro atoms. The van der Waals surface area contributed by atoms with Crippen LogP contribution >= 0.6 is 11.3 Å². The molecule has 0 radical (unpaired) electrons. The van der Waals surface area contributed by atoms with Crippen LogP contribution in [0.4, 0.5) is 9.18 Å². The van der Waals surface area contributed by atoms with Crippen molar-refractivity contribution in [3.05, 3.63) is 63.1 Å². The molecular formula is C17H13FN2O3S. The molecule has 1 fully saturated rings. The molecule has 1 aromatic heterocycles. The van der Waals surface area contributed by atoms with E-state index in [-0.39, 0.29) is 12.1 Å². The molecule has 4 amide bonds. The van der Waals surface area contributed by atoms with Crippen molar-refractivity contribution in [3.63, 3.8) is 0 Å². The van der Waals surface area contributed by atoms with Gasteiger partial charge in [0.25, 0.3) is 11.8 Å². The third kappa shape index (κ3) is 3.26. The van der Waals surface area contributed by atoms with Crippen LogP contribution in [-0.4, -0.2) is 22.7 Å². The summed E-state index contributed by atoms with van der Waals surface area (Å²) in [5.74, 6) is -1.79. The average Bonchev–Trinajstić information content (AvgIpc) is 2.95. The zero-order valence-electron chi connectivity index (χ0n) is 12.7. The zero-order chi connectivity index (χ0) is 17.3. The van der Waals surface area contributed by atoms with Crippen LogP contribution in [0.5, 0.6) is 0 Å². The Morgan fingerprint density at radius 1 is 1.12 bits per heavy atom. The van der Waals surface area contributed by atoms with Crippen molar-refractivity contribution in [2.45, 2.75) is 13.5 Å². The third-order valence-corrected chi connectivity index (χ3v) is 4.44. The second kappa shape index (κ2) is 6.37. The van der Waals surface area contributed by atoms with Crippen LogP contribution in [0.2, 0.25) is 0 Å². The van der Waals surface area contributed by atoms with Gasteiger partial charge in [0, 0.05) is 9.75 Å². The van der Waals surface area contributed by atoms with Gasteiger partial charge in [-0.25, -0.2) is 9.18 Å². The van der Waals surface area contributed by atoms with Gasteiger partial charge in [-0.15, -0.1) is 11.3 Å². The molecule has 1 aliphatic heterocycles. The molecule has 1 saturated heterocycles. The molecule has 0 atom stereocenters. The maximum Gasteiger partial charge on any atom is 0.331 e. The summed E-state index contributed by atoms with van der Waals surface area (Å²) in [7, 11) is 0. The molecule has 24 heavy (non-hydrogen) atoms. The third-order valence-electron chi connectivity index (χ3n) is 3.49. The highest BCUT2D eigenvalue weighted by Gasteiger charge is 2.35. The van der Waals surface area contributed by atoms with E-state index in [0.717, 1.165) is 14.7 Å². The minimum atomic E-state index is -0.783. The molecule has 1 aliphatic rings. The quantitative estimate of drug-likeness (QED) is 0.688. The van der Waals surface area contributed by atoms with Crippen LogP contribution in [0.3, 0.4) is 0 Å². The molecule has 3 rings (SSSR count). The number of benzene rings is 1. The van der Waals surface area contributed by atoms with Crippen LogP contribution in [0, 0.1) is 12.7 Å². The van der Waals surface area contributed by atoms with Gasteiger partial charge in [0.05, 0.1) is 6.54 Å². The van der Waals surface area contributed by atoms with Gasteiger partial charge in [-0.05, 0) is 42.8 Å². The summed E-state index contributed by atoms with van der Waals surface area (Å²) in [6, 6.07) is 8.36. The van der Waals surface area contributed by atoms with Gasteiger partial charge in [0.1, 0.15) is 11.4 Å². The summed E-state index contributed by atoms with van der Waals surface area (Å²) in [6.45, 7) is 1.87. The highest BCUT2D eigenvalue weighted by molar-refractivity contribution is 7.12. The maximum absolute atomic E-state index is 13.0. The number of barbiturate groups is 1. The predicted octanol–water partition coefficient (Wildman–Crippen LogP) is 2.86. The predicted molar refractivity (Wildman–Crippen MR) is 87.5 cm³/mol. The molecule has 0 saturated carbocycles. The number of hydrogen-bond donors (Lipinski definition) is 1. The number of amides is 4. The lowest BCUT2D eigenvalue weighted by Gasteiger charge is -2.26. The van der Waals surface area contributed by atoms with E-state index in [0.29, 0.717) is 5.56 Å². The second-order valence-electron chi connectivity index (χ2n) is 5.28. The molecule has 0 unspecified atom stereocenters. The molecule has 5 nitrogen and oxygen atoms in total. The van der Waals surface area contributed by atoms with Crippen LogP contribution in [0.1, 0.15) is 15.3 Å². The van der Waals surface area contributed by atoms with Crippen molar-refractivity contribution in [1.29, 1.82) is 0 Å². The van der Waals surface area contributed by atoms with Crippen LogP contribution in [0.25, 0.3) is 6.08 Å². The number of imide groups is 2. The van der Waals surface area contributed by atoms with Crippen molar-refractivity contribution in [1.82, 2.24) is 10.2 Å². The number of nitrogens with one attached hydrogen (secondary N) is 1. The minimum Gasteiger partial charge on any atom is -0.273 e. The standard InChI is InChI=1S/C17H13FN2O3S/c1-10-2-7-13(24-10)8-14-15(21)19-17(23)20(16(14)22)9-11-3-5-12(18)6-4-11/h2-8H,9H2,1H3,(H,19,21,23). The second-order valence-corrected chi connectivity index (χ2v) is 6.60. The molecule has 7 heteroatoms. The Morgan fingerprint density at radius 3 is 2.46 bits per heavy atom. The number of aryl methyl sites for hydroxylation is 1. The van der Waals surface area contributed by atoms with Gasteiger partial charge >= 0.3 is 6.03 Å². The van der Waals surface area contributed by atoms with E-state index >= 15 is 0 Å². The van der Waals surface area contributed by atoms with Crippen LogP contribution in [0.15, 0.2) is 42.0 Å². The number of halogens is 1. The molecule has 2 aromatic rings. The van der Waals surface area contributed by atoms with Crippen LogP contribution in [-0.2, 0) is 16.1 Å². The lowest BCUT2D eigenvalue weighted by Crippen LogP contribution is -2.53. The Hall–Kier alpha value is -2.80. The molecule has 2 heterocycles. The first-order valence-electron chi connectivity index (χ1n) is 7.14. The Balaban J connectivity index is 1.88. The topological polar surface area (TPSA) is 66.5 Å². The summed E-state index contributed by atoms with van der Waals surface area (Å²) < 4.78 is 13.0. The van der Waals surface area contributed by atoms with E-state index in [1.807, 2.05) is 13.0 Å². The first-order chi connectivity index (χ1) is 11.4. The van der Waals surface area contributed by atoms with Gasteiger partial charge in [0.2, 0.25) is 0 Å². The first kappa shape index (κ1) is 16.1. The van der Waals surface area contributed by atoms with Crippen molar-refractivity contribution >= 4 is 35.3 Å². The molecule has 1 N–H and O–H groups in total. The molecular weight excluding hydrogens is 331 g/mol. The fourth-order valence-electron chi connectivity index (χ4n) is 2.28. The van der Waals surface area contributed by atoms with Gasteiger partial charge in [0.15, 0.2) is 0 Å². The van der Waals surface area contributed by atoms with E-state index in [9.17, 15) is 18.8 Å². The lowest BCUT2D eigenvalue weighted by molar-refractivity contribution is -0.130. The number of nitrogens with zero attached hydrogens (tertiary/aromatic N) is 1. The molecule has 0 bridgehead atoms. The van der Waals surface area contributed by atoms with E-state index < -0.39 is 23.7 Å². The molecule has 1 aromatic carbocycles.